The molecule has 1 aliphatic heterocycles. The van der Waals surface area contributed by atoms with E-state index in [1.807, 2.05) is 48.5 Å². The number of amides is 2. The van der Waals surface area contributed by atoms with Gasteiger partial charge < -0.3 is 15.1 Å². The Morgan fingerprint density at radius 1 is 1.21 bits per heavy atom. The molecule has 3 aromatic rings. The van der Waals surface area contributed by atoms with Crippen LogP contribution in [-0.2, 0) is 10.5 Å². The minimum Gasteiger partial charge on any atom is -0.451 e. The molecule has 1 saturated heterocycles. The van der Waals surface area contributed by atoms with Gasteiger partial charge in [-0.25, -0.2) is 0 Å². The molecule has 0 bridgehead atoms. The average Bonchev–Trinajstić information content (AvgIpc) is 3.08. The highest BCUT2D eigenvalue weighted by atomic mass is 35.5. The Labute approximate surface area is 171 Å². The van der Waals surface area contributed by atoms with Crippen LogP contribution in [0.25, 0.3) is 11.0 Å². The van der Waals surface area contributed by atoms with Gasteiger partial charge in [0.2, 0.25) is 5.91 Å². The Morgan fingerprint density at radius 2 is 2.00 bits per heavy atom. The van der Waals surface area contributed by atoms with E-state index < -0.39 is 6.04 Å². The second-order valence-corrected chi connectivity index (χ2v) is 8.01. The van der Waals surface area contributed by atoms with E-state index in [0.29, 0.717) is 29.3 Å². The van der Waals surface area contributed by atoms with Gasteiger partial charge in [0.05, 0.1) is 5.02 Å². The van der Waals surface area contributed by atoms with Gasteiger partial charge in [-0.2, -0.15) is 0 Å². The van der Waals surface area contributed by atoms with Crippen LogP contribution in [0.2, 0.25) is 5.02 Å². The molecule has 0 saturated carbocycles. The smallest absolute Gasteiger partial charge is 0.288 e. The van der Waals surface area contributed by atoms with E-state index in [2.05, 4.69) is 10.6 Å². The maximum Gasteiger partial charge on any atom is 0.288 e. The van der Waals surface area contributed by atoms with Crippen molar-refractivity contribution in [3.05, 3.63) is 64.9 Å². The third kappa shape index (κ3) is 3.88. The topological polar surface area (TPSA) is 71.3 Å². The fourth-order valence-electron chi connectivity index (χ4n) is 3.27. The predicted octanol–water partition coefficient (Wildman–Crippen LogP) is 4.39. The first-order valence-electron chi connectivity index (χ1n) is 9.10. The maximum atomic E-state index is 12.9. The number of hydrogen-bond donors (Lipinski definition) is 2. The van der Waals surface area contributed by atoms with E-state index in [1.54, 1.807) is 11.8 Å². The third-order valence-electron chi connectivity index (χ3n) is 4.70. The second kappa shape index (κ2) is 8.29. The van der Waals surface area contributed by atoms with Gasteiger partial charge >= 0.3 is 0 Å². The Bertz CT molecular complexity index is 1030. The number of carbonyl (C=O) groups excluding carboxylic acids is 2. The van der Waals surface area contributed by atoms with Crippen molar-refractivity contribution >= 4 is 46.1 Å². The fourth-order valence-corrected chi connectivity index (χ4v) is 4.54. The summed E-state index contributed by atoms with van der Waals surface area (Å²) >= 11 is 7.81. The van der Waals surface area contributed by atoms with Crippen LogP contribution in [-0.4, -0.2) is 24.4 Å². The van der Waals surface area contributed by atoms with Gasteiger partial charge in [0.25, 0.3) is 5.91 Å². The summed E-state index contributed by atoms with van der Waals surface area (Å²) in [4.78, 5) is 25.8. The quantitative estimate of drug-likeness (QED) is 0.607. The van der Waals surface area contributed by atoms with Gasteiger partial charge in [0.15, 0.2) is 5.76 Å². The lowest BCUT2D eigenvalue weighted by Crippen LogP contribution is -2.50. The number of benzene rings is 2. The first-order chi connectivity index (χ1) is 13.6. The number of para-hydroxylation sites is 1. The van der Waals surface area contributed by atoms with Gasteiger partial charge in [0.1, 0.15) is 11.6 Å². The van der Waals surface area contributed by atoms with E-state index >= 15 is 0 Å². The molecule has 1 aliphatic rings. The monoisotopic (exact) mass is 414 g/mol. The van der Waals surface area contributed by atoms with Crippen molar-refractivity contribution in [3.8, 4) is 0 Å². The molecule has 0 radical (unpaired) electrons. The van der Waals surface area contributed by atoms with Crippen molar-refractivity contribution in [2.24, 2.45) is 0 Å². The molecule has 0 unspecified atom stereocenters. The van der Waals surface area contributed by atoms with Crippen molar-refractivity contribution in [1.82, 2.24) is 10.6 Å². The van der Waals surface area contributed by atoms with Crippen LogP contribution in [0.3, 0.4) is 0 Å². The molecular weight excluding hydrogens is 396 g/mol. The summed E-state index contributed by atoms with van der Waals surface area (Å²) in [6.45, 7) is 0.648. The SMILES string of the molecule is O=C(N[C@@H]1CCCNC1=O)c1oc2ccccc2c1CSc1ccccc1Cl. The van der Waals surface area contributed by atoms with Crippen molar-refractivity contribution in [2.45, 2.75) is 29.5 Å². The molecule has 2 N–H and O–H groups in total. The van der Waals surface area contributed by atoms with Crippen LogP contribution in [0.1, 0.15) is 29.0 Å². The first kappa shape index (κ1) is 18.9. The molecule has 144 valence electrons. The Kier molecular flexibility index (Phi) is 5.59. The molecule has 28 heavy (non-hydrogen) atoms. The molecule has 2 heterocycles. The molecule has 0 spiro atoms. The zero-order chi connectivity index (χ0) is 19.5. The number of nitrogens with one attached hydrogen (secondary N) is 2. The van der Waals surface area contributed by atoms with E-state index in [-0.39, 0.29) is 17.6 Å². The Morgan fingerprint density at radius 3 is 2.82 bits per heavy atom. The fraction of sp³-hybridized carbons (Fsp3) is 0.238. The lowest BCUT2D eigenvalue weighted by Gasteiger charge is -2.22. The Balaban J connectivity index is 1.62. The van der Waals surface area contributed by atoms with Gasteiger partial charge in [0, 0.05) is 28.1 Å². The third-order valence-corrected chi connectivity index (χ3v) is 6.25. The molecule has 1 atom stereocenters. The summed E-state index contributed by atoms with van der Waals surface area (Å²) in [6, 6.07) is 14.6. The molecule has 1 aromatic heterocycles. The number of halogens is 1. The summed E-state index contributed by atoms with van der Waals surface area (Å²) < 4.78 is 5.87. The van der Waals surface area contributed by atoms with Gasteiger partial charge in [-0.3, -0.25) is 9.59 Å². The zero-order valence-electron chi connectivity index (χ0n) is 15.0. The lowest BCUT2D eigenvalue weighted by molar-refractivity contribution is -0.124. The minimum atomic E-state index is -0.529. The number of carbonyl (C=O) groups is 2. The zero-order valence-corrected chi connectivity index (χ0v) is 16.6. The highest BCUT2D eigenvalue weighted by molar-refractivity contribution is 7.98. The van der Waals surface area contributed by atoms with Crippen LogP contribution < -0.4 is 10.6 Å². The molecule has 0 aliphatic carbocycles. The summed E-state index contributed by atoms with van der Waals surface area (Å²) in [5.74, 6) is 0.259. The summed E-state index contributed by atoms with van der Waals surface area (Å²) in [6.07, 6.45) is 1.47. The van der Waals surface area contributed by atoms with Crippen molar-refractivity contribution in [1.29, 1.82) is 0 Å². The van der Waals surface area contributed by atoms with Gasteiger partial charge in [-0.05, 0) is 31.0 Å². The number of rotatable bonds is 5. The standard InChI is InChI=1S/C21H19ClN2O3S/c22-15-7-2-4-10-18(15)28-12-14-13-6-1-3-9-17(13)27-19(14)21(26)24-16-8-5-11-23-20(16)25/h1-4,6-7,9-10,16H,5,8,11-12H2,(H,23,25)(H,24,26)/t16-/m1/s1. The van der Waals surface area contributed by atoms with Crippen LogP contribution in [0.5, 0.6) is 0 Å². The van der Waals surface area contributed by atoms with Crippen molar-refractivity contribution in [3.63, 3.8) is 0 Å². The number of hydrogen-bond acceptors (Lipinski definition) is 4. The molecule has 2 amide bonds. The average molecular weight is 415 g/mol. The van der Waals surface area contributed by atoms with Crippen molar-refractivity contribution < 1.29 is 14.0 Å². The predicted molar refractivity (Wildman–Crippen MR) is 111 cm³/mol. The minimum absolute atomic E-state index is 0.150. The lowest BCUT2D eigenvalue weighted by atomic mass is 10.1. The molecule has 1 fully saturated rings. The second-order valence-electron chi connectivity index (χ2n) is 6.58. The molecular formula is C21H19ClN2O3S. The molecule has 7 heteroatoms. The van der Waals surface area contributed by atoms with Crippen LogP contribution in [0, 0.1) is 0 Å². The van der Waals surface area contributed by atoms with Crippen LogP contribution in [0.4, 0.5) is 0 Å². The van der Waals surface area contributed by atoms with Crippen molar-refractivity contribution in [2.75, 3.05) is 6.54 Å². The van der Waals surface area contributed by atoms with E-state index in [4.69, 9.17) is 16.0 Å². The van der Waals surface area contributed by atoms with E-state index in [1.165, 1.54) is 0 Å². The van der Waals surface area contributed by atoms with Gasteiger partial charge in [-0.1, -0.05) is 41.9 Å². The summed E-state index contributed by atoms with van der Waals surface area (Å²) in [7, 11) is 0. The Hall–Kier alpha value is -2.44. The first-order valence-corrected chi connectivity index (χ1v) is 10.5. The van der Waals surface area contributed by atoms with E-state index in [0.717, 1.165) is 22.3 Å². The molecule has 4 rings (SSSR count). The number of piperidine rings is 1. The highest BCUT2D eigenvalue weighted by Crippen LogP contribution is 2.34. The maximum absolute atomic E-state index is 12.9. The highest BCUT2D eigenvalue weighted by Gasteiger charge is 2.27. The normalized spacial score (nSPS) is 16.8. The van der Waals surface area contributed by atoms with E-state index in [9.17, 15) is 9.59 Å². The van der Waals surface area contributed by atoms with Gasteiger partial charge in [-0.15, -0.1) is 11.8 Å². The van der Waals surface area contributed by atoms with Crippen LogP contribution >= 0.6 is 23.4 Å². The largest absolute Gasteiger partial charge is 0.451 e. The molecule has 2 aromatic carbocycles. The molecule has 5 nitrogen and oxygen atoms in total. The number of thioether (sulfide) groups is 1. The summed E-state index contributed by atoms with van der Waals surface area (Å²) in [5.41, 5.74) is 1.45. The number of fused-ring (bicyclic) bond motifs is 1. The summed E-state index contributed by atoms with van der Waals surface area (Å²) in [5, 5.41) is 7.16. The van der Waals surface area contributed by atoms with Crippen LogP contribution in [0.15, 0.2) is 57.8 Å². The number of furan rings is 1.